The molecule has 6 nitrogen and oxygen atoms in total. The Morgan fingerprint density at radius 3 is 2.54 bits per heavy atom. The number of rotatable bonds is 4. The fourth-order valence-corrected chi connectivity index (χ4v) is 5.89. The van der Waals surface area contributed by atoms with Gasteiger partial charge < -0.3 is 10.1 Å². The summed E-state index contributed by atoms with van der Waals surface area (Å²) in [6, 6.07) is 4.00. The van der Waals surface area contributed by atoms with E-state index in [0.717, 1.165) is 0 Å². The summed E-state index contributed by atoms with van der Waals surface area (Å²) in [5, 5.41) is 2.91. The van der Waals surface area contributed by atoms with Gasteiger partial charge in [0.15, 0.2) is 0 Å². The maximum atomic E-state index is 14.1. The molecule has 144 valence electrons. The Balaban J connectivity index is 1.81. The predicted octanol–water partition coefficient (Wildman–Crippen LogP) is 1.68. The van der Waals surface area contributed by atoms with Gasteiger partial charge in [0.1, 0.15) is 10.7 Å². The minimum Gasteiger partial charge on any atom is -0.379 e. The number of benzene rings is 1. The van der Waals surface area contributed by atoms with Crippen LogP contribution in [0.1, 0.15) is 25.3 Å². The summed E-state index contributed by atoms with van der Waals surface area (Å²) >= 11 is 0. The molecule has 3 rings (SSSR count). The second kappa shape index (κ2) is 7.25. The van der Waals surface area contributed by atoms with Crippen LogP contribution in [-0.4, -0.2) is 51.0 Å². The monoisotopic (exact) mass is 384 g/mol. The highest BCUT2D eigenvalue weighted by Gasteiger charge is 2.46. The Morgan fingerprint density at radius 1 is 1.27 bits per heavy atom. The van der Waals surface area contributed by atoms with E-state index in [0.29, 0.717) is 31.5 Å². The van der Waals surface area contributed by atoms with E-state index in [4.69, 9.17) is 4.74 Å². The average molecular weight is 384 g/mol. The van der Waals surface area contributed by atoms with E-state index in [9.17, 15) is 17.6 Å². The van der Waals surface area contributed by atoms with Gasteiger partial charge in [0, 0.05) is 27.1 Å². The molecule has 0 unspecified atom stereocenters. The van der Waals surface area contributed by atoms with E-state index in [1.165, 1.54) is 23.4 Å². The van der Waals surface area contributed by atoms with Gasteiger partial charge in [-0.1, -0.05) is 6.07 Å². The zero-order chi connectivity index (χ0) is 19.1. The third-order valence-electron chi connectivity index (χ3n) is 5.48. The van der Waals surface area contributed by atoms with Gasteiger partial charge in [-0.2, -0.15) is 4.31 Å². The summed E-state index contributed by atoms with van der Waals surface area (Å²) in [7, 11) is -2.28. The molecule has 1 aromatic carbocycles. The van der Waals surface area contributed by atoms with Crippen LogP contribution in [0.25, 0.3) is 0 Å². The van der Waals surface area contributed by atoms with Gasteiger partial charge in [0.05, 0.1) is 12.1 Å². The number of amides is 1. The highest BCUT2D eigenvalue weighted by atomic mass is 32.2. The number of aryl methyl sites for hydroxylation is 1. The molecule has 0 aromatic heterocycles. The lowest BCUT2D eigenvalue weighted by atomic mass is 9.77. The molecule has 1 saturated heterocycles. The Labute approximate surface area is 153 Å². The molecule has 4 atom stereocenters. The number of sulfonamides is 1. The van der Waals surface area contributed by atoms with Crippen LogP contribution < -0.4 is 5.32 Å². The first-order valence-corrected chi connectivity index (χ1v) is 10.2. The van der Waals surface area contributed by atoms with Crippen molar-refractivity contribution in [1.29, 1.82) is 0 Å². The van der Waals surface area contributed by atoms with E-state index < -0.39 is 15.8 Å². The van der Waals surface area contributed by atoms with Crippen LogP contribution in [0, 0.1) is 24.6 Å². The molecule has 1 aromatic rings. The topological polar surface area (TPSA) is 75.7 Å². The van der Waals surface area contributed by atoms with Crippen molar-refractivity contribution < 1.29 is 22.3 Å². The minimum absolute atomic E-state index is 0.125. The highest BCUT2D eigenvalue weighted by molar-refractivity contribution is 7.89. The second-order valence-electron chi connectivity index (χ2n) is 7.33. The summed E-state index contributed by atoms with van der Waals surface area (Å²) < 4.78 is 46.9. The van der Waals surface area contributed by atoms with Gasteiger partial charge in [-0.15, -0.1) is 0 Å². The average Bonchev–Trinajstić information content (AvgIpc) is 2.99. The molecule has 1 aliphatic carbocycles. The van der Waals surface area contributed by atoms with E-state index in [2.05, 4.69) is 5.32 Å². The molecule has 1 heterocycles. The zero-order valence-corrected chi connectivity index (χ0v) is 16.1. The summed E-state index contributed by atoms with van der Waals surface area (Å²) in [4.78, 5) is 11.2. The third-order valence-corrected chi connectivity index (χ3v) is 7.33. The van der Waals surface area contributed by atoms with E-state index in [-0.39, 0.29) is 34.8 Å². The molecular weight excluding hydrogens is 359 g/mol. The number of nitrogens with zero attached hydrogens (tertiary/aromatic N) is 1. The number of methoxy groups -OCH3 is 1. The molecule has 1 N–H and O–H groups in total. The lowest BCUT2D eigenvalue weighted by Crippen LogP contribution is -2.49. The molecule has 0 spiro atoms. The normalized spacial score (nSPS) is 29.4. The molecule has 26 heavy (non-hydrogen) atoms. The van der Waals surface area contributed by atoms with Crippen LogP contribution in [0.5, 0.6) is 0 Å². The first-order valence-electron chi connectivity index (χ1n) is 8.78. The third kappa shape index (κ3) is 3.63. The summed E-state index contributed by atoms with van der Waals surface area (Å²) in [5.41, 5.74) is 0.701. The number of halogens is 1. The predicted molar refractivity (Wildman–Crippen MR) is 94.5 cm³/mol. The van der Waals surface area contributed by atoms with Crippen molar-refractivity contribution in [3.8, 4) is 0 Å². The summed E-state index contributed by atoms with van der Waals surface area (Å²) in [6.45, 7) is 3.90. The molecular formula is C18H25FN2O4S. The van der Waals surface area contributed by atoms with Crippen LogP contribution >= 0.6 is 0 Å². The molecule has 0 bridgehead atoms. The molecule has 0 radical (unpaired) electrons. The van der Waals surface area contributed by atoms with Crippen molar-refractivity contribution in [3.63, 3.8) is 0 Å². The molecule has 1 amide bonds. The van der Waals surface area contributed by atoms with Crippen molar-refractivity contribution in [3.05, 3.63) is 29.6 Å². The van der Waals surface area contributed by atoms with Crippen LogP contribution in [0.4, 0.5) is 4.39 Å². The van der Waals surface area contributed by atoms with E-state index >= 15 is 0 Å². The van der Waals surface area contributed by atoms with Gasteiger partial charge in [0.2, 0.25) is 15.9 Å². The first kappa shape index (κ1) is 19.3. The number of carbonyl (C=O) groups is 1. The van der Waals surface area contributed by atoms with Crippen LogP contribution in [0.15, 0.2) is 23.1 Å². The Hall–Kier alpha value is -1.51. The van der Waals surface area contributed by atoms with Gasteiger partial charge >= 0.3 is 0 Å². The fraction of sp³-hybridized carbons (Fsp3) is 0.611. The van der Waals surface area contributed by atoms with Crippen molar-refractivity contribution in [2.24, 2.45) is 11.8 Å². The largest absolute Gasteiger partial charge is 0.379 e. The molecule has 1 aliphatic heterocycles. The summed E-state index contributed by atoms with van der Waals surface area (Å²) in [5.74, 6) is -0.579. The van der Waals surface area contributed by atoms with Gasteiger partial charge in [-0.25, -0.2) is 12.8 Å². The zero-order valence-electron chi connectivity index (χ0n) is 15.2. The Kier molecular flexibility index (Phi) is 5.37. The number of hydrogen-bond acceptors (Lipinski definition) is 4. The quantitative estimate of drug-likeness (QED) is 0.857. The van der Waals surface area contributed by atoms with Gasteiger partial charge in [-0.05, 0) is 49.3 Å². The lowest BCUT2D eigenvalue weighted by molar-refractivity contribution is -0.121. The van der Waals surface area contributed by atoms with Gasteiger partial charge in [-0.3, -0.25) is 4.79 Å². The van der Waals surface area contributed by atoms with Crippen LogP contribution in [-0.2, 0) is 19.6 Å². The van der Waals surface area contributed by atoms with E-state index in [1.54, 1.807) is 20.1 Å². The molecule has 8 heteroatoms. The fourth-order valence-electron chi connectivity index (χ4n) is 4.19. The highest BCUT2D eigenvalue weighted by Crippen LogP contribution is 2.39. The van der Waals surface area contributed by atoms with Crippen molar-refractivity contribution in [2.75, 3.05) is 20.2 Å². The van der Waals surface area contributed by atoms with Crippen molar-refractivity contribution in [2.45, 2.75) is 43.7 Å². The van der Waals surface area contributed by atoms with Crippen molar-refractivity contribution in [1.82, 2.24) is 9.62 Å². The SMILES string of the molecule is CO[C@@H]1C[C@H]2CN(S(=O)(=O)c3cc(C)ccc3F)C[C@H]2C[C@H]1NC(C)=O. The number of ether oxygens (including phenoxy) is 1. The van der Waals surface area contributed by atoms with Crippen LogP contribution in [0.2, 0.25) is 0 Å². The first-order chi connectivity index (χ1) is 12.2. The maximum absolute atomic E-state index is 14.1. The van der Waals surface area contributed by atoms with E-state index in [1.807, 2.05) is 0 Å². The molecule has 2 aliphatic rings. The number of nitrogens with one attached hydrogen (secondary N) is 1. The number of carbonyl (C=O) groups excluding carboxylic acids is 1. The number of hydrogen-bond donors (Lipinski definition) is 1. The Morgan fingerprint density at radius 2 is 1.92 bits per heavy atom. The maximum Gasteiger partial charge on any atom is 0.246 e. The van der Waals surface area contributed by atoms with Crippen molar-refractivity contribution >= 4 is 15.9 Å². The standard InChI is InChI=1S/C18H25FN2O4S/c1-11-4-5-15(19)18(6-11)26(23,24)21-9-13-7-16(20-12(2)22)17(25-3)8-14(13)10-21/h4-6,13-14,16-17H,7-10H2,1-3H3,(H,20,22)/t13-,14+,16-,17-/m1/s1. The van der Waals surface area contributed by atoms with Gasteiger partial charge in [0.25, 0.3) is 0 Å². The molecule has 1 saturated carbocycles. The van der Waals surface area contributed by atoms with Crippen LogP contribution in [0.3, 0.4) is 0 Å². The minimum atomic E-state index is -3.88. The lowest BCUT2D eigenvalue weighted by Gasteiger charge is -2.37. The summed E-state index contributed by atoms with van der Waals surface area (Å²) in [6.07, 6.45) is 1.19. The smallest absolute Gasteiger partial charge is 0.246 e. The second-order valence-corrected chi connectivity index (χ2v) is 9.23. The number of fused-ring (bicyclic) bond motifs is 1. The Bertz CT molecular complexity index is 798. The molecule has 2 fully saturated rings.